The lowest BCUT2D eigenvalue weighted by Gasteiger charge is -2.11. The van der Waals surface area contributed by atoms with Crippen molar-refractivity contribution in [3.05, 3.63) is 67.9 Å². The predicted molar refractivity (Wildman–Crippen MR) is 120 cm³/mol. The standard InChI is InChI=1S/C23H20N2O6S/c1-5-31-23(29)16-8-13(19(27)15-9-14(30-4)6-7-17(15)26)10-25-20(16)24-21-18(22(25)28)11(2)12(3)32-21/h6-10,26H,5H2,1-4H3. The molecule has 3 aromatic heterocycles. The Bertz CT molecular complexity index is 1470. The predicted octanol–water partition coefficient (Wildman–Crippen LogP) is 3.65. The van der Waals surface area contributed by atoms with Gasteiger partial charge in [0.2, 0.25) is 0 Å². The zero-order valence-electron chi connectivity index (χ0n) is 17.9. The molecule has 0 fully saturated rings. The minimum absolute atomic E-state index is 0.0113. The number of phenols is 1. The summed E-state index contributed by atoms with van der Waals surface area (Å²) in [5.74, 6) is -1.16. The summed E-state index contributed by atoms with van der Waals surface area (Å²) in [6.45, 7) is 5.50. The van der Waals surface area contributed by atoms with Gasteiger partial charge in [-0.3, -0.25) is 14.0 Å². The number of hydrogen-bond donors (Lipinski definition) is 1. The van der Waals surface area contributed by atoms with Crippen molar-refractivity contribution in [1.82, 2.24) is 9.38 Å². The minimum atomic E-state index is -0.703. The van der Waals surface area contributed by atoms with Crippen LogP contribution in [0, 0.1) is 13.8 Å². The van der Waals surface area contributed by atoms with Crippen LogP contribution in [0.3, 0.4) is 0 Å². The zero-order valence-corrected chi connectivity index (χ0v) is 18.7. The lowest BCUT2D eigenvalue weighted by Crippen LogP contribution is -2.20. The average Bonchev–Trinajstić information content (AvgIpc) is 3.07. The van der Waals surface area contributed by atoms with Crippen LogP contribution in [0.15, 0.2) is 35.3 Å². The third-order valence-electron chi connectivity index (χ3n) is 5.25. The van der Waals surface area contributed by atoms with Gasteiger partial charge in [-0.1, -0.05) is 0 Å². The highest BCUT2D eigenvalue weighted by atomic mass is 32.1. The Balaban J connectivity index is 2.04. The Morgan fingerprint density at radius 3 is 2.62 bits per heavy atom. The molecule has 1 N–H and O–H groups in total. The number of rotatable bonds is 5. The van der Waals surface area contributed by atoms with Gasteiger partial charge in [-0.2, -0.15) is 0 Å². The van der Waals surface area contributed by atoms with Gasteiger partial charge in [0.25, 0.3) is 5.56 Å². The first-order valence-electron chi connectivity index (χ1n) is 9.81. The van der Waals surface area contributed by atoms with Crippen molar-refractivity contribution in [3.63, 3.8) is 0 Å². The largest absolute Gasteiger partial charge is 0.507 e. The number of aryl methyl sites for hydroxylation is 2. The molecule has 32 heavy (non-hydrogen) atoms. The molecule has 1 aromatic carbocycles. The number of methoxy groups -OCH3 is 1. The van der Waals surface area contributed by atoms with E-state index in [4.69, 9.17) is 9.47 Å². The molecule has 0 aliphatic heterocycles. The molecule has 8 nitrogen and oxygen atoms in total. The van der Waals surface area contributed by atoms with Crippen LogP contribution in [0.4, 0.5) is 0 Å². The van der Waals surface area contributed by atoms with Crippen LogP contribution < -0.4 is 10.3 Å². The van der Waals surface area contributed by atoms with E-state index < -0.39 is 11.8 Å². The smallest absolute Gasteiger partial charge is 0.341 e. The zero-order chi connectivity index (χ0) is 23.2. The molecule has 0 spiro atoms. The second kappa shape index (κ2) is 8.08. The minimum Gasteiger partial charge on any atom is -0.507 e. The number of ketones is 1. The summed E-state index contributed by atoms with van der Waals surface area (Å²) in [5, 5.41) is 10.7. The number of thiophene rings is 1. The number of phenolic OH excluding ortho intramolecular Hbond substituents is 1. The number of pyridine rings is 1. The highest BCUT2D eigenvalue weighted by Gasteiger charge is 2.23. The number of aromatic nitrogens is 2. The molecule has 4 rings (SSSR count). The quantitative estimate of drug-likeness (QED) is 0.364. The van der Waals surface area contributed by atoms with E-state index in [1.807, 2.05) is 13.8 Å². The van der Waals surface area contributed by atoms with Gasteiger partial charge in [0, 0.05) is 16.6 Å². The Morgan fingerprint density at radius 2 is 1.94 bits per heavy atom. The van der Waals surface area contributed by atoms with Crippen molar-refractivity contribution in [2.45, 2.75) is 20.8 Å². The van der Waals surface area contributed by atoms with Crippen LogP contribution in [0.5, 0.6) is 11.5 Å². The number of nitrogens with zero attached hydrogens (tertiary/aromatic N) is 2. The summed E-state index contributed by atoms with van der Waals surface area (Å²) in [6.07, 6.45) is 1.33. The van der Waals surface area contributed by atoms with E-state index in [0.29, 0.717) is 16.0 Å². The van der Waals surface area contributed by atoms with Crippen LogP contribution in [0.25, 0.3) is 15.9 Å². The maximum atomic E-state index is 13.3. The Labute approximate surface area is 186 Å². The second-order valence-electron chi connectivity index (χ2n) is 7.15. The molecule has 0 unspecified atom stereocenters. The fourth-order valence-electron chi connectivity index (χ4n) is 3.48. The SMILES string of the molecule is CCOC(=O)c1cc(C(=O)c2cc(OC)ccc2O)cn2c(=O)c3c(C)c(C)sc3nc12. The molecule has 0 bridgehead atoms. The molecule has 3 heterocycles. The average molecular weight is 452 g/mol. The van der Waals surface area contributed by atoms with Crippen molar-refractivity contribution < 1.29 is 24.2 Å². The first-order valence-corrected chi connectivity index (χ1v) is 10.6. The first kappa shape index (κ1) is 21.5. The fraction of sp³-hybridized carbons (Fsp3) is 0.217. The van der Waals surface area contributed by atoms with E-state index in [1.54, 1.807) is 6.92 Å². The number of esters is 1. The molecular weight excluding hydrogens is 432 g/mol. The molecule has 0 aliphatic rings. The van der Waals surface area contributed by atoms with E-state index in [2.05, 4.69) is 4.98 Å². The van der Waals surface area contributed by atoms with Gasteiger partial charge in [-0.05, 0) is 50.6 Å². The summed E-state index contributed by atoms with van der Waals surface area (Å²) in [7, 11) is 1.44. The number of carbonyl (C=O) groups excluding carboxylic acids is 2. The molecule has 0 saturated heterocycles. The van der Waals surface area contributed by atoms with Gasteiger partial charge in [-0.15, -0.1) is 11.3 Å². The van der Waals surface area contributed by atoms with Gasteiger partial charge in [-0.25, -0.2) is 9.78 Å². The molecule has 0 amide bonds. The second-order valence-corrected chi connectivity index (χ2v) is 8.35. The number of benzene rings is 1. The van der Waals surface area contributed by atoms with Crippen molar-refractivity contribution in [2.75, 3.05) is 13.7 Å². The molecular formula is C23H20N2O6S. The Morgan fingerprint density at radius 1 is 1.19 bits per heavy atom. The van der Waals surface area contributed by atoms with E-state index in [9.17, 15) is 19.5 Å². The third-order valence-corrected chi connectivity index (χ3v) is 6.35. The van der Waals surface area contributed by atoms with Gasteiger partial charge >= 0.3 is 5.97 Å². The molecule has 164 valence electrons. The summed E-state index contributed by atoms with van der Waals surface area (Å²) in [5.41, 5.74) is 0.509. The molecule has 9 heteroatoms. The van der Waals surface area contributed by atoms with E-state index in [-0.39, 0.29) is 40.3 Å². The van der Waals surface area contributed by atoms with Crippen molar-refractivity contribution in [1.29, 1.82) is 0 Å². The summed E-state index contributed by atoms with van der Waals surface area (Å²) in [4.78, 5) is 45.3. The highest BCUT2D eigenvalue weighted by molar-refractivity contribution is 7.18. The topological polar surface area (TPSA) is 107 Å². The van der Waals surface area contributed by atoms with Crippen LogP contribution in [0.1, 0.15) is 43.6 Å². The van der Waals surface area contributed by atoms with Crippen LogP contribution in [0.2, 0.25) is 0 Å². The fourth-order valence-corrected chi connectivity index (χ4v) is 4.49. The highest BCUT2D eigenvalue weighted by Crippen LogP contribution is 2.29. The van der Waals surface area contributed by atoms with Crippen LogP contribution in [-0.2, 0) is 4.74 Å². The number of ether oxygens (including phenoxy) is 2. The Hall–Kier alpha value is -3.72. The van der Waals surface area contributed by atoms with Crippen LogP contribution >= 0.6 is 11.3 Å². The molecule has 0 aliphatic carbocycles. The third kappa shape index (κ3) is 3.40. The lowest BCUT2D eigenvalue weighted by atomic mass is 10.0. The van der Waals surface area contributed by atoms with Gasteiger partial charge < -0.3 is 14.6 Å². The maximum absolute atomic E-state index is 13.3. The molecule has 0 saturated carbocycles. The van der Waals surface area contributed by atoms with Crippen molar-refractivity contribution in [2.24, 2.45) is 0 Å². The van der Waals surface area contributed by atoms with Crippen molar-refractivity contribution in [3.8, 4) is 11.5 Å². The normalized spacial score (nSPS) is 11.1. The molecule has 0 radical (unpaired) electrons. The monoisotopic (exact) mass is 452 g/mol. The molecule has 0 atom stereocenters. The Kier molecular flexibility index (Phi) is 5.43. The summed E-state index contributed by atoms with van der Waals surface area (Å²) < 4.78 is 11.5. The van der Waals surface area contributed by atoms with Gasteiger partial charge in [0.1, 0.15) is 21.9 Å². The van der Waals surface area contributed by atoms with E-state index >= 15 is 0 Å². The van der Waals surface area contributed by atoms with Gasteiger partial charge in [0.15, 0.2) is 11.4 Å². The molecule has 4 aromatic rings. The number of carbonyl (C=O) groups is 2. The maximum Gasteiger partial charge on any atom is 0.341 e. The summed E-state index contributed by atoms with van der Waals surface area (Å²) in [6, 6.07) is 5.58. The van der Waals surface area contributed by atoms with E-state index in [0.717, 1.165) is 10.4 Å². The van der Waals surface area contributed by atoms with E-state index in [1.165, 1.54) is 53.3 Å². The first-order chi connectivity index (χ1) is 15.3. The van der Waals surface area contributed by atoms with Gasteiger partial charge in [0.05, 0.1) is 24.7 Å². The number of fused-ring (bicyclic) bond motifs is 2. The van der Waals surface area contributed by atoms with Crippen molar-refractivity contribution >= 4 is 39.0 Å². The number of hydrogen-bond acceptors (Lipinski definition) is 8. The number of aromatic hydroxyl groups is 1. The summed E-state index contributed by atoms with van der Waals surface area (Å²) >= 11 is 1.36. The van der Waals surface area contributed by atoms with Crippen LogP contribution in [-0.4, -0.2) is 40.0 Å². The lowest BCUT2D eigenvalue weighted by molar-refractivity contribution is 0.0528.